The van der Waals surface area contributed by atoms with E-state index >= 15 is 0 Å². The van der Waals surface area contributed by atoms with Gasteiger partial charge in [-0.3, -0.25) is 0 Å². The number of urea groups is 1. The normalized spacial score (nSPS) is 13.6. The molecule has 8 nitrogen and oxygen atoms in total. The van der Waals surface area contributed by atoms with Crippen molar-refractivity contribution in [2.75, 3.05) is 20.3 Å². The van der Waals surface area contributed by atoms with E-state index in [-0.39, 0.29) is 6.54 Å². The summed E-state index contributed by atoms with van der Waals surface area (Å²) in [5.41, 5.74) is 2.62. The number of hydrogen-bond acceptors (Lipinski definition) is 5. The van der Waals surface area contributed by atoms with Gasteiger partial charge in [-0.1, -0.05) is 18.2 Å². The van der Waals surface area contributed by atoms with Crippen molar-refractivity contribution in [2.45, 2.75) is 32.1 Å². The number of nitrogens with zero attached hydrogens (tertiary/aromatic N) is 4. The van der Waals surface area contributed by atoms with E-state index in [9.17, 15) is 18.0 Å². The molecule has 0 aliphatic carbocycles. The number of aromatic nitrogens is 3. The minimum absolute atomic E-state index is 0.167. The molecule has 2 aromatic heterocycles. The largest absolute Gasteiger partial charge is 0.478 e. The van der Waals surface area contributed by atoms with Gasteiger partial charge in [-0.15, -0.1) is 0 Å². The number of benzene rings is 1. The Hall–Kier alpha value is -3.34. The summed E-state index contributed by atoms with van der Waals surface area (Å²) in [5.74, 6) is 0.350. The van der Waals surface area contributed by atoms with E-state index in [1.807, 2.05) is 17.4 Å². The summed E-state index contributed by atoms with van der Waals surface area (Å²) in [7, 11) is 1.50. The standard InChI is InChI=1S/C21H24F3N5O3/c1-4-29(20(31)27-17(12-30)21(22,23)24)13(2)14-6-5-7-15(10-14)16-11-28-9-8-25-18(28)19(26-16)32-3/h5-11,13,17,30H,4,12H2,1-3H3,(H,27,31). The van der Waals surface area contributed by atoms with Gasteiger partial charge >= 0.3 is 12.2 Å². The number of alkyl halides is 3. The van der Waals surface area contributed by atoms with E-state index in [0.29, 0.717) is 22.8 Å². The molecule has 0 spiro atoms. The number of halogens is 3. The zero-order chi connectivity index (χ0) is 23.5. The van der Waals surface area contributed by atoms with Gasteiger partial charge in [-0.2, -0.15) is 13.2 Å². The molecule has 172 valence electrons. The van der Waals surface area contributed by atoms with Crippen LogP contribution in [0.25, 0.3) is 16.9 Å². The molecule has 2 amide bonds. The van der Waals surface area contributed by atoms with Gasteiger partial charge in [0.2, 0.25) is 0 Å². The third kappa shape index (κ3) is 4.77. The van der Waals surface area contributed by atoms with Crippen LogP contribution in [-0.2, 0) is 0 Å². The second-order valence-electron chi connectivity index (χ2n) is 7.11. The van der Waals surface area contributed by atoms with Crippen molar-refractivity contribution in [3.63, 3.8) is 0 Å². The Labute approximate surface area is 182 Å². The Morgan fingerprint density at radius 2 is 2.12 bits per heavy atom. The van der Waals surface area contributed by atoms with Crippen LogP contribution in [0.4, 0.5) is 18.0 Å². The number of aliphatic hydroxyl groups is 1. The SMILES string of the molecule is CCN(C(=O)NC(CO)C(F)(F)F)C(C)c1cccc(-c2cn3ccnc3c(OC)n2)c1. The Balaban J connectivity index is 1.88. The van der Waals surface area contributed by atoms with Gasteiger partial charge in [-0.05, 0) is 25.5 Å². The van der Waals surface area contributed by atoms with Crippen molar-refractivity contribution < 1.29 is 27.8 Å². The first-order valence-electron chi connectivity index (χ1n) is 9.92. The van der Waals surface area contributed by atoms with E-state index in [2.05, 4.69) is 9.97 Å². The maximum Gasteiger partial charge on any atom is 0.410 e. The molecule has 2 atom stereocenters. The minimum Gasteiger partial charge on any atom is -0.478 e. The van der Waals surface area contributed by atoms with Crippen molar-refractivity contribution in [2.24, 2.45) is 0 Å². The third-order valence-corrected chi connectivity index (χ3v) is 5.15. The molecule has 2 N–H and O–H groups in total. The fraction of sp³-hybridized carbons (Fsp3) is 0.381. The molecule has 0 saturated heterocycles. The average molecular weight is 451 g/mol. The average Bonchev–Trinajstić information content (AvgIpc) is 3.25. The molecule has 32 heavy (non-hydrogen) atoms. The second-order valence-corrected chi connectivity index (χ2v) is 7.11. The first kappa shape index (κ1) is 23.3. The van der Waals surface area contributed by atoms with Crippen LogP contribution in [0.15, 0.2) is 42.9 Å². The van der Waals surface area contributed by atoms with E-state index in [4.69, 9.17) is 9.84 Å². The fourth-order valence-corrected chi connectivity index (χ4v) is 3.37. The van der Waals surface area contributed by atoms with Crippen molar-refractivity contribution in [3.8, 4) is 17.1 Å². The lowest BCUT2D eigenvalue weighted by atomic mass is 10.0. The molecule has 0 radical (unpaired) electrons. The molecule has 2 heterocycles. The predicted octanol–water partition coefficient (Wildman–Crippen LogP) is 3.42. The Bertz CT molecular complexity index is 1090. The molecular formula is C21H24F3N5O3. The number of methoxy groups -OCH3 is 1. The van der Waals surface area contributed by atoms with Crippen molar-refractivity contribution in [1.82, 2.24) is 24.6 Å². The number of amides is 2. The van der Waals surface area contributed by atoms with Gasteiger partial charge in [0, 0.05) is 30.7 Å². The van der Waals surface area contributed by atoms with Crippen LogP contribution in [0.2, 0.25) is 0 Å². The molecule has 2 unspecified atom stereocenters. The molecule has 0 aliphatic rings. The van der Waals surface area contributed by atoms with Gasteiger partial charge in [0.1, 0.15) is 6.04 Å². The molecule has 1 aromatic carbocycles. The van der Waals surface area contributed by atoms with E-state index < -0.39 is 30.9 Å². The predicted molar refractivity (Wildman–Crippen MR) is 111 cm³/mol. The summed E-state index contributed by atoms with van der Waals surface area (Å²) < 4.78 is 45.9. The number of carbonyl (C=O) groups excluding carboxylic acids is 1. The molecule has 0 saturated carbocycles. The van der Waals surface area contributed by atoms with E-state index in [1.165, 1.54) is 12.0 Å². The molecule has 0 fully saturated rings. The number of imidazole rings is 1. The lowest BCUT2D eigenvalue weighted by molar-refractivity contribution is -0.161. The maximum absolute atomic E-state index is 12.9. The monoisotopic (exact) mass is 451 g/mol. The van der Waals surface area contributed by atoms with Crippen molar-refractivity contribution in [1.29, 1.82) is 0 Å². The highest BCUT2D eigenvalue weighted by molar-refractivity contribution is 5.75. The van der Waals surface area contributed by atoms with Crippen LogP contribution >= 0.6 is 0 Å². The summed E-state index contributed by atoms with van der Waals surface area (Å²) in [4.78, 5) is 22.5. The first-order valence-corrected chi connectivity index (χ1v) is 9.92. The topological polar surface area (TPSA) is 92.0 Å². The van der Waals surface area contributed by atoms with Gasteiger partial charge in [0.15, 0.2) is 5.65 Å². The van der Waals surface area contributed by atoms with Crippen LogP contribution < -0.4 is 10.1 Å². The third-order valence-electron chi connectivity index (χ3n) is 5.15. The number of ether oxygens (including phenoxy) is 1. The Morgan fingerprint density at radius 1 is 1.38 bits per heavy atom. The maximum atomic E-state index is 12.9. The highest BCUT2D eigenvalue weighted by Gasteiger charge is 2.41. The fourth-order valence-electron chi connectivity index (χ4n) is 3.37. The summed E-state index contributed by atoms with van der Waals surface area (Å²) in [6.07, 6.45) is 0.425. The van der Waals surface area contributed by atoms with Gasteiger partial charge in [0.25, 0.3) is 5.88 Å². The molecule has 0 bridgehead atoms. The van der Waals surface area contributed by atoms with Crippen molar-refractivity contribution in [3.05, 3.63) is 48.4 Å². The molecule has 0 aliphatic heterocycles. The first-order chi connectivity index (χ1) is 15.2. The van der Waals surface area contributed by atoms with Crippen LogP contribution in [0.1, 0.15) is 25.5 Å². The highest BCUT2D eigenvalue weighted by Crippen LogP contribution is 2.28. The van der Waals surface area contributed by atoms with Gasteiger partial charge in [0.05, 0.1) is 25.5 Å². The zero-order valence-corrected chi connectivity index (χ0v) is 17.8. The van der Waals surface area contributed by atoms with Gasteiger partial charge < -0.3 is 24.5 Å². The van der Waals surface area contributed by atoms with Gasteiger partial charge in [-0.25, -0.2) is 14.8 Å². The Morgan fingerprint density at radius 3 is 2.75 bits per heavy atom. The summed E-state index contributed by atoms with van der Waals surface area (Å²) in [6, 6.07) is 3.44. The van der Waals surface area contributed by atoms with E-state index in [0.717, 1.165) is 5.56 Å². The molecule has 11 heteroatoms. The van der Waals surface area contributed by atoms with Crippen LogP contribution in [0.5, 0.6) is 5.88 Å². The number of nitrogens with one attached hydrogen (secondary N) is 1. The number of aliphatic hydroxyl groups excluding tert-OH is 1. The summed E-state index contributed by atoms with van der Waals surface area (Å²) in [6.45, 7) is 2.32. The smallest absolute Gasteiger partial charge is 0.410 e. The number of hydrogen-bond donors (Lipinski definition) is 2. The van der Waals surface area contributed by atoms with Crippen molar-refractivity contribution >= 4 is 11.7 Å². The second kappa shape index (κ2) is 9.43. The molecule has 3 aromatic rings. The lowest BCUT2D eigenvalue weighted by Crippen LogP contribution is -2.52. The van der Waals surface area contributed by atoms with Crippen LogP contribution in [-0.4, -0.2) is 62.9 Å². The van der Waals surface area contributed by atoms with Crippen LogP contribution in [0, 0.1) is 0 Å². The van der Waals surface area contributed by atoms with E-state index in [1.54, 1.807) is 49.0 Å². The Kier molecular flexibility index (Phi) is 6.87. The number of rotatable bonds is 7. The summed E-state index contributed by atoms with van der Waals surface area (Å²) >= 11 is 0. The minimum atomic E-state index is -4.75. The highest BCUT2D eigenvalue weighted by atomic mass is 19.4. The molecular weight excluding hydrogens is 427 g/mol. The van der Waals surface area contributed by atoms with Crippen LogP contribution in [0.3, 0.4) is 0 Å². The lowest BCUT2D eigenvalue weighted by Gasteiger charge is -2.31. The zero-order valence-electron chi connectivity index (χ0n) is 17.8. The number of carbonyl (C=O) groups is 1. The summed E-state index contributed by atoms with van der Waals surface area (Å²) in [5, 5.41) is 10.9. The quantitative estimate of drug-likeness (QED) is 0.574. The number of fused-ring (bicyclic) bond motifs is 1. The molecule has 3 rings (SSSR count).